The van der Waals surface area contributed by atoms with Gasteiger partial charge in [0, 0.05) is 18.1 Å². The number of nitrogens with zero attached hydrogens (tertiary/aromatic N) is 1. The molecule has 19 heavy (non-hydrogen) atoms. The van der Waals surface area contributed by atoms with Gasteiger partial charge in [-0.25, -0.2) is 0 Å². The number of aromatic nitrogens is 1. The van der Waals surface area contributed by atoms with Gasteiger partial charge in [-0.05, 0) is 30.7 Å². The highest BCUT2D eigenvalue weighted by Gasteiger charge is 2.12. The molecule has 1 aromatic carbocycles. The van der Waals surface area contributed by atoms with Crippen molar-refractivity contribution >= 4 is 17.3 Å². The summed E-state index contributed by atoms with van der Waals surface area (Å²) in [6.07, 6.45) is 2.98. The number of anilines is 2. The molecule has 0 unspecified atom stereocenters. The Balaban J connectivity index is 2.29. The van der Waals surface area contributed by atoms with Gasteiger partial charge in [0.15, 0.2) is 0 Å². The molecule has 0 fully saturated rings. The highest BCUT2D eigenvalue weighted by atomic mass is 16.5. The summed E-state index contributed by atoms with van der Waals surface area (Å²) in [7, 11) is 1.55. The maximum absolute atomic E-state index is 12.1. The molecule has 0 atom stereocenters. The first kappa shape index (κ1) is 12.9. The summed E-state index contributed by atoms with van der Waals surface area (Å²) in [6, 6.07) is 7.14. The monoisotopic (exact) mass is 257 g/mol. The number of methoxy groups -OCH3 is 1. The number of carbonyl (C=O) groups is 1. The summed E-state index contributed by atoms with van der Waals surface area (Å²) in [5.41, 5.74) is 8.10. The molecule has 1 aromatic heterocycles. The fraction of sp³-hybridized carbons (Fsp3) is 0.143. The molecular formula is C14H15N3O2. The van der Waals surface area contributed by atoms with E-state index in [1.54, 1.807) is 25.4 Å². The number of nitrogens with one attached hydrogen (secondary N) is 1. The largest absolute Gasteiger partial charge is 0.495 e. The van der Waals surface area contributed by atoms with Crippen LogP contribution in [0.15, 0.2) is 36.7 Å². The van der Waals surface area contributed by atoms with Crippen molar-refractivity contribution in [2.24, 2.45) is 0 Å². The molecule has 0 spiro atoms. The lowest BCUT2D eigenvalue weighted by molar-refractivity contribution is 0.102. The van der Waals surface area contributed by atoms with Crippen LogP contribution in [-0.4, -0.2) is 18.0 Å². The van der Waals surface area contributed by atoms with Crippen LogP contribution in [0.1, 0.15) is 15.9 Å². The Bertz CT molecular complexity index is 611. The van der Waals surface area contributed by atoms with E-state index in [-0.39, 0.29) is 5.91 Å². The van der Waals surface area contributed by atoms with E-state index in [9.17, 15) is 4.79 Å². The van der Waals surface area contributed by atoms with Crippen LogP contribution in [0.2, 0.25) is 0 Å². The third-order valence-corrected chi connectivity index (χ3v) is 2.70. The standard InChI is InChI=1S/C14H15N3O2/c1-9-3-4-13(19-2)12(7-9)17-14(18)10-8-16-6-5-11(10)15/h3-8H,1-2H3,(H2,15,16)(H,17,18). The summed E-state index contributed by atoms with van der Waals surface area (Å²) in [5.74, 6) is 0.288. The van der Waals surface area contributed by atoms with Gasteiger partial charge in [0.2, 0.25) is 0 Å². The molecule has 0 aliphatic heterocycles. The van der Waals surface area contributed by atoms with Crippen LogP contribution in [-0.2, 0) is 0 Å². The average molecular weight is 257 g/mol. The van der Waals surface area contributed by atoms with Crippen LogP contribution >= 0.6 is 0 Å². The zero-order chi connectivity index (χ0) is 13.8. The number of rotatable bonds is 3. The highest BCUT2D eigenvalue weighted by Crippen LogP contribution is 2.26. The molecule has 0 saturated carbocycles. The molecule has 98 valence electrons. The first-order chi connectivity index (χ1) is 9.11. The van der Waals surface area contributed by atoms with Crippen molar-refractivity contribution in [1.82, 2.24) is 4.98 Å². The van der Waals surface area contributed by atoms with Crippen LogP contribution in [0.25, 0.3) is 0 Å². The van der Waals surface area contributed by atoms with Gasteiger partial charge in [-0.3, -0.25) is 9.78 Å². The summed E-state index contributed by atoms with van der Waals surface area (Å²) in [4.78, 5) is 16.0. The van der Waals surface area contributed by atoms with E-state index in [1.807, 2.05) is 19.1 Å². The van der Waals surface area contributed by atoms with Crippen molar-refractivity contribution in [3.63, 3.8) is 0 Å². The first-order valence-electron chi connectivity index (χ1n) is 5.77. The predicted octanol–water partition coefficient (Wildman–Crippen LogP) is 2.23. The Morgan fingerprint density at radius 2 is 2.16 bits per heavy atom. The van der Waals surface area contributed by atoms with Crippen molar-refractivity contribution in [2.45, 2.75) is 6.92 Å². The Morgan fingerprint density at radius 3 is 2.84 bits per heavy atom. The molecular weight excluding hydrogens is 242 g/mol. The number of nitrogens with two attached hydrogens (primary N) is 1. The van der Waals surface area contributed by atoms with Gasteiger partial charge in [0.25, 0.3) is 5.91 Å². The van der Waals surface area contributed by atoms with E-state index in [4.69, 9.17) is 10.5 Å². The minimum absolute atomic E-state index is 0.311. The average Bonchev–Trinajstić information content (AvgIpc) is 2.39. The molecule has 0 bridgehead atoms. The maximum atomic E-state index is 12.1. The molecule has 1 amide bonds. The number of benzene rings is 1. The lowest BCUT2D eigenvalue weighted by Crippen LogP contribution is -2.15. The van der Waals surface area contributed by atoms with Crippen LogP contribution in [0.5, 0.6) is 5.75 Å². The number of ether oxygens (including phenoxy) is 1. The number of nitrogen functional groups attached to an aromatic ring is 1. The van der Waals surface area contributed by atoms with E-state index in [0.717, 1.165) is 5.56 Å². The third-order valence-electron chi connectivity index (χ3n) is 2.70. The lowest BCUT2D eigenvalue weighted by Gasteiger charge is -2.11. The first-order valence-corrected chi connectivity index (χ1v) is 5.77. The van der Waals surface area contributed by atoms with E-state index in [2.05, 4.69) is 10.3 Å². The van der Waals surface area contributed by atoms with Crippen molar-refractivity contribution in [1.29, 1.82) is 0 Å². The van der Waals surface area contributed by atoms with Crippen molar-refractivity contribution in [3.8, 4) is 5.75 Å². The molecule has 3 N–H and O–H groups in total. The van der Waals surface area contributed by atoms with Gasteiger partial charge < -0.3 is 15.8 Å². The van der Waals surface area contributed by atoms with Gasteiger partial charge in [0.1, 0.15) is 5.75 Å². The predicted molar refractivity (Wildman–Crippen MR) is 74.3 cm³/mol. The summed E-state index contributed by atoms with van der Waals surface area (Å²) >= 11 is 0. The summed E-state index contributed by atoms with van der Waals surface area (Å²) < 4.78 is 5.21. The minimum atomic E-state index is -0.311. The van der Waals surface area contributed by atoms with Gasteiger partial charge in [-0.15, -0.1) is 0 Å². The maximum Gasteiger partial charge on any atom is 0.259 e. The molecule has 2 rings (SSSR count). The SMILES string of the molecule is COc1ccc(C)cc1NC(=O)c1cnccc1N. The van der Waals surface area contributed by atoms with Crippen LogP contribution in [0.4, 0.5) is 11.4 Å². The minimum Gasteiger partial charge on any atom is -0.495 e. The summed E-state index contributed by atoms with van der Waals surface area (Å²) in [5, 5.41) is 2.78. The smallest absolute Gasteiger partial charge is 0.259 e. The number of hydrogen-bond acceptors (Lipinski definition) is 4. The second kappa shape index (κ2) is 5.39. The number of aryl methyl sites for hydroxylation is 1. The van der Waals surface area contributed by atoms with Crippen LogP contribution in [0.3, 0.4) is 0 Å². The molecule has 1 heterocycles. The van der Waals surface area contributed by atoms with Gasteiger partial charge in [-0.1, -0.05) is 6.07 Å². The zero-order valence-corrected chi connectivity index (χ0v) is 10.8. The van der Waals surface area contributed by atoms with Crippen molar-refractivity contribution < 1.29 is 9.53 Å². The topological polar surface area (TPSA) is 77.2 Å². The van der Waals surface area contributed by atoms with E-state index >= 15 is 0 Å². The molecule has 0 radical (unpaired) electrons. The fourth-order valence-corrected chi connectivity index (χ4v) is 1.70. The Kier molecular flexibility index (Phi) is 3.66. The zero-order valence-electron chi connectivity index (χ0n) is 10.8. The number of pyridine rings is 1. The molecule has 0 aliphatic carbocycles. The Labute approximate surface area is 111 Å². The highest BCUT2D eigenvalue weighted by molar-refractivity contribution is 6.08. The molecule has 5 heteroatoms. The second-order valence-corrected chi connectivity index (χ2v) is 4.12. The normalized spacial score (nSPS) is 10.0. The molecule has 0 saturated heterocycles. The van der Waals surface area contributed by atoms with Crippen molar-refractivity contribution in [2.75, 3.05) is 18.2 Å². The van der Waals surface area contributed by atoms with Crippen molar-refractivity contribution in [3.05, 3.63) is 47.8 Å². The van der Waals surface area contributed by atoms with Gasteiger partial charge in [0.05, 0.1) is 18.4 Å². The second-order valence-electron chi connectivity index (χ2n) is 4.12. The lowest BCUT2D eigenvalue weighted by atomic mass is 10.2. The van der Waals surface area contributed by atoms with E-state index < -0.39 is 0 Å². The molecule has 0 aliphatic rings. The number of carbonyl (C=O) groups excluding carboxylic acids is 1. The van der Waals surface area contributed by atoms with E-state index in [0.29, 0.717) is 22.7 Å². The number of amides is 1. The Hall–Kier alpha value is -2.56. The van der Waals surface area contributed by atoms with Gasteiger partial charge in [-0.2, -0.15) is 0 Å². The van der Waals surface area contributed by atoms with E-state index in [1.165, 1.54) is 6.20 Å². The Morgan fingerprint density at radius 1 is 1.37 bits per heavy atom. The summed E-state index contributed by atoms with van der Waals surface area (Å²) in [6.45, 7) is 1.94. The van der Waals surface area contributed by atoms with Crippen LogP contribution < -0.4 is 15.8 Å². The number of hydrogen-bond donors (Lipinski definition) is 2. The third kappa shape index (κ3) is 2.82. The van der Waals surface area contributed by atoms with Gasteiger partial charge >= 0.3 is 0 Å². The molecule has 2 aromatic rings. The fourth-order valence-electron chi connectivity index (χ4n) is 1.70. The quantitative estimate of drug-likeness (QED) is 0.884. The molecule has 5 nitrogen and oxygen atoms in total. The van der Waals surface area contributed by atoms with Crippen LogP contribution in [0, 0.1) is 6.92 Å².